The first-order chi connectivity index (χ1) is 9.65. The van der Waals surface area contributed by atoms with E-state index in [1.165, 1.54) is 0 Å². The van der Waals surface area contributed by atoms with E-state index in [9.17, 15) is 0 Å². The van der Waals surface area contributed by atoms with Crippen LogP contribution < -0.4 is 16.6 Å². The summed E-state index contributed by atoms with van der Waals surface area (Å²) in [6.07, 6.45) is 2.55. The van der Waals surface area contributed by atoms with Crippen molar-refractivity contribution in [3.63, 3.8) is 0 Å². The number of pyridine rings is 1. The van der Waals surface area contributed by atoms with Crippen LogP contribution in [0.25, 0.3) is 0 Å². The van der Waals surface area contributed by atoms with E-state index in [4.69, 9.17) is 5.84 Å². The smallest absolute Gasteiger partial charge is 0.148 e. The molecule has 6 nitrogen and oxygen atoms in total. The van der Waals surface area contributed by atoms with E-state index in [1.807, 2.05) is 32.9 Å². The number of nitrogens with two attached hydrogens (primary N) is 1. The van der Waals surface area contributed by atoms with Crippen molar-refractivity contribution in [2.75, 3.05) is 10.7 Å². The molecule has 4 N–H and O–H groups in total. The molecule has 106 valence electrons. The predicted octanol–water partition coefficient (Wildman–Crippen LogP) is 1.95. The monoisotopic (exact) mass is 272 g/mol. The van der Waals surface area contributed by atoms with Gasteiger partial charge in [0.25, 0.3) is 0 Å². The van der Waals surface area contributed by atoms with Crippen molar-refractivity contribution < 1.29 is 0 Å². The molecule has 0 aliphatic heterocycles. The normalized spacial score (nSPS) is 10.4. The number of nitrogen functional groups attached to an aromatic ring is 1. The number of rotatable bonds is 5. The Bertz CT molecular complexity index is 596. The fraction of sp³-hybridized carbons (Fsp3) is 0.357. The Morgan fingerprint density at radius 3 is 2.60 bits per heavy atom. The maximum absolute atomic E-state index is 5.49. The number of nitrogens with one attached hydrogen (secondary N) is 2. The fourth-order valence-corrected chi connectivity index (χ4v) is 1.90. The number of hydrogen-bond donors (Lipinski definition) is 3. The first kappa shape index (κ1) is 14.2. The van der Waals surface area contributed by atoms with Crippen LogP contribution in [-0.2, 0) is 13.0 Å². The number of hydrogen-bond acceptors (Lipinski definition) is 6. The van der Waals surface area contributed by atoms with Gasteiger partial charge in [-0.15, -0.1) is 0 Å². The molecule has 6 heteroatoms. The second-order valence-corrected chi connectivity index (χ2v) is 4.58. The number of aryl methyl sites for hydroxylation is 2. The van der Waals surface area contributed by atoms with Crippen molar-refractivity contribution in [3.8, 4) is 0 Å². The van der Waals surface area contributed by atoms with Crippen LogP contribution in [-0.4, -0.2) is 15.0 Å². The molecule has 0 fully saturated rings. The summed E-state index contributed by atoms with van der Waals surface area (Å²) in [5.74, 6) is 7.68. The molecule has 0 saturated heterocycles. The van der Waals surface area contributed by atoms with E-state index in [0.29, 0.717) is 12.4 Å². The molecule has 2 aromatic heterocycles. The molecule has 0 amide bonds. The summed E-state index contributed by atoms with van der Waals surface area (Å²) < 4.78 is 0. The largest absolute Gasteiger partial charge is 0.364 e. The minimum absolute atomic E-state index is 0.623. The Kier molecular flexibility index (Phi) is 4.47. The first-order valence-corrected chi connectivity index (χ1v) is 6.64. The van der Waals surface area contributed by atoms with Crippen LogP contribution in [0.5, 0.6) is 0 Å². The quantitative estimate of drug-likeness (QED) is 0.569. The Hall–Kier alpha value is -2.21. The summed E-state index contributed by atoms with van der Waals surface area (Å²) in [6.45, 7) is 6.61. The first-order valence-electron chi connectivity index (χ1n) is 6.64. The van der Waals surface area contributed by atoms with Crippen LogP contribution in [0.2, 0.25) is 0 Å². The van der Waals surface area contributed by atoms with Gasteiger partial charge in [-0.25, -0.2) is 15.8 Å². The van der Waals surface area contributed by atoms with Gasteiger partial charge in [-0.05, 0) is 25.5 Å². The zero-order valence-electron chi connectivity index (χ0n) is 12.1. The topological polar surface area (TPSA) is 88.8 Å². The molecule has 20 heavy (non-hydrogen) atoms. The zero-order valence-corrected chi connectivity index (χ0v) is 12.1. The molecule has 0 aliphatic rings. The van der Waals surface area contributed by atoms with Crippen LogP contribution >= 0.6 is 0 Å². The Balaban J connectivity index is 2.23. The highest BCUT2D eigenvalue weighted by molar-refractivity contribution is 5.56. The lowest BCUT2D eigenvalue weighted by molar-refractivity contribution is 0.914. The second-order valence-electron chi connectivity index (χ2n) is 4.58. The molecule has 0 saturated carbocycles. The van der Waals surface area contributed by atoms with Crippen molar-refractivity contribution in [2.24, 2.45) is 5.84 Å². The maximum atomic E-state index is 5.49. The molecule has 0 spiro atoms. The van der Waals surface area contributed by atoms with E-state index in [0.717, 1.165) is 34.9 Å². The molecule has 0 aromatic carbocycles. The summed E-state index contributed by atoms with van der Waals surface area (Å²) in [5, 5.41) is 3.31. The third-order valence-electron chi connectivity index (χ3n) is 3.19. The lowest BCUT2D eigenvalue weighted by atomic mass is 10.2. The Morgan fingerprint density at radius 1 is 1.20 bits per heavy atom. The Morgan fingerprint density at radius 2 is 1.95 bits per heavy atom. The van der Waals surface area contributed by atoms with Crippen LogP contribution in [0.1, 0.15) is 29.6 Å². The van der Waals surface area contributed by atoms with Crippen molar-refractivity contribution in [2.45, 2.75) is 33.7 Å². The van der Waals surface area contributed by atoms with Gasteiger partial charge in [0.05, 0.1) is 12.2 Å². The highest BCUT2D eigenvalue weighted by Gasteiger charge is 2.09. The molecule has 0 unspecified atom stereocenters. The number of hydrazine groups is 1. The van der Waals surface area contributed by atoms with Crippen molar-refractivity contribution in [1.82, 2.24) is 15.0 Å². The average molecular weight is 272 g/mol. The molecule has 0 bridgehead atoms. The van der Waals surface area contributed by atoms with Crippen LogP contribution in [0.15, 0.2) is 18.3 Å². The van der Waals surface area contributed by atoms with E-state index in [2.05, 4.69) is 25.7 Å². The summed E-state index contributed by atoms with van der Waals surface area (Å²) in [5.41, 5.74) is 5.67. The van der Waals surface area contributed by atoms with E-state index in [-0.39, 0.29) is 0 Å². The highest BCUT2D eigenvalue weighted by atomic mass is 15.3. The van der Waals surface area contributed by atoms with Gasteiger partial charge in [0, 0.05) is 18.2 Å². The summed E-state index contributed by atoms with van der Waals surface area (Å²) in [6, 6.07) is 3.97. The molecule has 0 radical (unpaired) electrons. The van der Waals surface area contributed by atoms with Gasteiger partial charge in [0.15, 0.2) is 0 Å². The van der Waals surface area contributed by atoms with Crippen LogP contribution in [0.4, 0.5) is 11.6 Å². The van der Waals surface area contributed by atoms with E-state index < -0.39 is 0 Å². The van der Waals surface area contributed by atoms with Gasteiger partial charge in [-0.3, -0.25) is 4.98 Å². The zero-order chi connectivity index (χ0) is 14.5. The van der Waals surface area contributed by atoms with Gasteiger partial charge < -0.3 is 10.7 Å². The maximum Gasteiger partial charge on any atom is 0.148 e. The molecular formula is C14H20N6. The van der Waals surface area contributed by atoms with E-state index in [1.54, 1.807) is 6.20 Å². The van der Waals surface area contributed by atoms with Crippen molar-refractivity contribution in [1.29, 1.82) is 0 Å². The molecule has 2 rings (SSSR count). The summed E-state index contributed by atoms with van der Waals surface area (Å²) in [7, 11) is 0. The lowest BCUT2D eigenvalue weighted by Gasteiger charge is -2.13. The standard InChI is InChI=1S/C14H20N6/c1-4-12-18-13(10(3)14(19-12)20-15)17-8-11-9(2)6-5-7-16-11/h5-7H,4,8,15H2,1-3H3,(H2,17,18,19,20). The summed E-state index contributed by atoms with van der Waals surface area (Å²) in [4.78, 5) is 13.2. The van der Waals surface area contributed by atoms with Crippen LogP contribution in [0.3, 0.4) is 0 Å². The van der Waals surface area contributed by atoms with Crippen molar-refractivity contribution in [3.05, 3.63) is 41.0 Å². The number of aromatic nitrogens is 3. The Labute approximate surface area is 118 Å². The highest BCUT2D eigenvalue weighted by Crippen LogP contribution is 2.20. The molecule has 0 atom stereocenters. The van der Waals surface area contributed by atoms with Crippen LogP contribution in [0, 0.1) is 13.8 Å². The molecular weight excluding hydrogens is 252 g/mol. The average Bonchev–Trinajstić information content (AvgIpc) is 2.47. The minimum Gasteiger partial charge on any atom is -0.364 e. The predicted molar refractivity (Wildman–Crippen MR) is 80.3 cm³/mol. The van der Waals surface area contributed by atoms with E-state index >= 15 is 0 Å². The molecule has 0 aliphatic carbocycles. The van der Waals surface area contributed by atoms with Gasteiger partial charge in [-0.2, -0.15) is 0 Å². The third kappa shape index (κ3) is 3.03. The van der Waals surface area contributed by atoms with Gasteiger partial charge >= 0.3 is 0 Å². The van der Waals surface area contributed by atoms with Gasteiger partial charge in [-0.1, -0.05) is 13.0 Å². The van der Waals surface area contributed by atoms with Gasteiger partial charge in [0.2, 0.25) is 0 Å². The van der Waals surface area contributed by atoms with Gasteiger partial charge in [0.1, 0.15) is 17.5 Å². The minimum atomic E-state index is 0.623. The lowest BCUT2D eigenvalue weighted by Crippen LogP contribution is -2.15. The fourth-order valence-electron chi connectivity index (χ4n) is 1.90. The summed E-state index contributed by atoms with van der Waals surface area (Å²) >= 11 is 0. The second kappa shape index (κ2) is 6.29. The molecule has 2 heterocycles. The molecule has 2 aromatic rings. The third-order valence-corrected chi connectivity index (χ3v) is 3.19. The number of anilines is 2. The SMILES string of the molecule is CCc1nc(NN)c(C)c(NCc2ncccc2C)n1. The number of nitrogens with zero attached hydrogens (tertiary/aromatic N) is 3. The van der Waals surface area contributed by atoms with Crippen molar-refractivity contribution >= 4 is 11.6 Å².